The predicted molar refractivity (Wildman–Crippen MR) is 62.3 cm³/mol. The quantitative estimate of drug-likeness (QED) is 0.748. The largest absolute Gasteiger partial charge is 0.283 e. The Kier molecular flexibility index (Phi) is 2.87. The van der Waals surface area contributed by atoms with Crippen LogP contribution < -0.4 is 0 Å². The first-order chi connectivity index (χ1) is 6.16. The van der Waals surface area contributed by atoms with Gasteiger partial charge in [0.1, 0.15) is 9.60 Å². The summed E-state index contributed by atoms with van der Waals surface area (Å²) in [6, 6.07) is 0. The fourth-order valence-electron chi connectivity index (χ4n) is 0.842. The maximum Gasteiger partial charge on any atom is 0.183 e. The van der Waals surface area contributed by atoms with E-state index < -0.39 is 0 Å². The summed E-state index contributed by atoms with van der Waals surface area (Å²) in [6.07, 6.45) is 3.66. The molecule has 0 aliphatic rings. The molecule has 2 rings (SSSR count). The van der Waals surface area contributed by atoms with Gasteiger partial charge >= 0.3 is 0 Å². The minimum absolute atomic E-state index is 0.760. The second-order valence-corrected chi connectivity index (χ2v) is 5.96. The molecule has 2 heterocycles. The molecule has 0 amide bonds. The third kappa shape index (κ3) is 2.03. The molecule has 2 aromatic heterocycles. The van der Waals surface area contributed by atoms with Crippen molar-refractivity contribution in [3.8, 4) is 5.00 Å². The molecule has 0 unspecified atom stereocenters. The van der Waals surface area contributed by atoms with Gasteiger partial charge in [0.15, 0.2) is 8.65 Å². The molecular formula is C6H2Br3N3S. The van der Waals surface area contributed by atoms with Gasteiger partial charge in [-0.05, 0) is 47.8 Å². The summed E-state index contributed by atoms with van der Waals surface area (Å²) < 4.78 is 4.32. The maximum atomic E-state index is 4.16. The van der Waals surface area contributed by atoms with Gasteiger partial charge in [-0.1, -0.05) is 11.3 Å². The van der Waals surface area contributed by atoms with E-state index in [0.29, 0.717) is 0 Å². The highest BCUT2D eigenvalue weighted by atomic mass is 79.9. The van der Waals surface area contributed by atoms with Gasteiger partial charge in [-0.15, -0.1) is 0 Å². The minimum atomic E-state index is 0.760. The van der Waals surface area contributed by atoms with Crippen LogP contribution in [0.15, 0.2) is 25.6 Å². The molecule has 0 bridgehead atoms. The summed E-state index contributed by atoms with van der Waals surface area (Å²) in [7, 11) is 0. The third-order valence-electron chi connectivity index (χ3n) is 1.34. The van der Waals surface area contributed by atoms with Gasteiger partial charge in [0, 0.05) is 6.20 Å². The van der Waals surface area contributed by atoms with E-state index >= 15 is 0 Å². The van der Waals surface area contributed by atoms with Gasteiger partial charge in [-0.3, -0.25) is 4.57 Å². The van der Waals surface area contributed by atoms with Crippen molar-refractivity contribution in [3.05, 3.63) is 25.6 Å². The fraction of sp³-hybridized carbons (Fsp3) is 0. The van der Waals surface area contributed by atoms with Gasteiger partial charge in [-0.25, -0.2) is 9.97 Å². The number of imidazole rings is 1. The molecule has 2 aromatic rings. The fourth-order valence-corrected chi connectivity index (χ4v) is 3.27. The summed E-state index contributed by atoms with van der Waals surface area (Å²) in [5, 5.41) is 1.01. The van der Waals surface area contributed by atoms with E-state index in [-0.39, 0.29) is 0 Å². The zero-order chi connectivity index (χ0) is 9.42. The predicted octanol–water partition coefficient (Wildman–Crippen LogP) is 3.62. The molecule has 0 spiro atoms. The van der Waals surface area contributed by atoms with E-state index in [9.17, 15) is 0 Å². The second kappa shape index (κ2) is 3.80. The van der Waals surface area contributed by atoms with Crippen molar-refractivity contribution in [2.45, 2.75) is 0 Å². The lowest BCUT2D eigenvalue weighted by Gasteiger charge is -1.95. The Balaban J connectivity index is 2.51. The lowest BCUT2D eigenvalue weighted by atomic mass is 10.8. The Labute approximate surface area is 104 Å². The monoisotopic (exact) mass is 385 g/mol. The zero-order valence-electron chi connectivity index (χ0n) is 6.04. The van der Waals surface area contributed by atoms with E-state index in [1.54, 1.807) is 17.5 Å². The molecule has 0 aromatic carbocycles. The maximum absolute atomic E-state index is 4.16. The van der Waals surface area contributed by atoms with Crippen molar-refractivity contribution >= 4 is 59.1 Å². The Bertz CT molecular complexity index is 436. The van der Waals surface area contributed by atoms with Gasteiger partial charge in [-0.2, -0.15) is 0 Å². The lowest BCUT2D eigenvalue weighted by Crippen LogP contribution is -1.87. The topological polar surface area (TPSA) is 30.7 Å². The Morgan fingerprint density at radius 1 is 1.31 bits per heavy atom. The number of aromatic nitrogens is 3. The highest BCUT2D eigenvalue weighted by molar-refractivity contribution is 9.11. The van der Waals surface area contributed by atoms with Crippen molar-refractivity contribution in [2.75, 3.05) is 0 Å². The smallest absolute Gasteiger partial charge is 0.183 e. The van der Waals surface area contributed by atoms with Crippen LogP contribution in [0.1, 0.15) is 0 Å². The van der Waals surface area contributed by atoms with Crippen molar-refractivity contribution in [3.63, 3.8) is 0 Å². The van der Waals surface area contributed by atoms with Gasteiger partial charge < -0.3 is 0 Å². The van der Waals surface area contributed by atoms with Crippen LogP contribution in [0.2, 0.25) is 0 Å². The van der Waals surface area contributed by atoms with Crippen LogP contribution in [0.4, 0.5) is 0 Å². The average Bonchev–Trinajstić information content (AvgIpc) is 2.58. The Hall–Kier alpha value is 0.280. The van der Waals surface area contributed by atoms with Crippen molar-refractivity contribution < 1.29 is 0 Å². The molecule has 68 valence electrons. The Morgan fingerprint density at radius 2 is 2.08 bits per heavy atom. The average molecular weight is 388 g/mol. The molecule has 0 N–H and O–H groups in total. The highest BCUT2D eigenvalue weighted by Crippen LogP contribution is 2.26. The highest BCUT2D eigenvalue weighted by Gasteiger charge is 2.07. The number of hydrogen-bond acceptors (Lipinski definition) is 3. The first-order valence-electron chi connectivity index (χ1n) is 3.19. The summed E-state index contributed by atoms with van der Waals surface area (Å²) in [6.45, 7) is 0. The first kappa shape index (κ1) is 9.82. The molecule has 13 heavy (non-hydrogen) atoms. The molecule has 0 aliphatic carbocycles. The standard InChI is InChI=1S/C6H2Br3N3S/c7-3-2-12(5(8)11-3)4-1-10-6(9)13-4/h1-2H. The lowest BCUT2D eigenvalue weighted by molar-refractivity contribution is 1.03. The van der Waals surface area contributed by atoms with E-state index in [2.05, 4.69) is 57.8 Å². The van der Waals surface area contributed by atoms with Gasteiger partial charge in [0.05, 0.1) is 6.20 Å². The molecular weight excluding hydrogens is 386 g/mol. The minimum Gasteiger partial charge on any atom is -0.283 e. The van der Waals surface area contributed by atoms with E-state index in [1.807, 2.05) is 10.8 Å². The number of thiazole rings is 1. The third-order valence-corrected chi connectivity index (χ3v) is 3.75. The van der Waals surface area contributed by atoms with E-state index in [1.165, 1.54) is 0 Å². The van der Waals surface area contributed by atoms with Crippen LogP contribution >= 0.6 is 59.1 Å². The SMILES string of the molecule is Brc1cn(-c2cnc(Br)s2)c(Br)n1. The van der Waals surface area contributed by atoms with Crippen molar-refractivity contribution in [1.29, 1.82) is 0 Å². The first-order valence-corrected chi connectivity index (χ1v) is 6.38. The molecule has 0 aliphatic heterocycles. The summed E-state index contributed by atoms with van der Waals surface area (Å²) in [5.74, 6) is 0. The molecule has 0 fully saturated rings. The van der Waals surface area contributed by atoms with Crippen LogP contribution in [0.25, 0.3) is 5.00 Å². The van der Waals surface area contributed by atoms with Crippen LogP contribution in [0, 0.1) is 0 Å². The normalized spacial score (nSPS) is 10.7. The van der Waals surface area contributed by atoms with Crippen LogP contribution in [0.3, 0.4) is 0 Å². The zero-order valence-corrected chi connectivity index (χ0v) is 11.6. The Morgan fingerprint density at radius 3 is 2.54 bits per heavy atom. The van der Waals surface area contributed by atoms with E-state index in [0.717, 1.165) is 18.3 Å². The molecule has 0 saturated heterocycles. The van der Waals surface area contributed by atoms with Gasteiger partial charge in [0.25, 0.3) is 0 Å². The van der Waals surface area contributed by atoms with Crippen LogP contribution in [-0.2, 0) is 0 Å². The molecule has 0 saturated carbocycles. The number of nitrogens with zero attached hydrogens (tertiary/aromatic N) is 3. The van der Waals surface area contributed by atoms with Gasteiger partial charge in [0.2, 0.25) is 0 Å². The molecule has 7 heteroatoms. The van der Waals surface area contributed by atoms with Crippen molar-refractivity contribution in [1.82, 2.24) is 14.5 Å². The number of halogens is 3. The summed E-state index contributed by atoms with van der Waals surface area (Å²) in [4.78, 5) is 8.25. The summed E-state index contributed by atoms with van der Waals surface area (Å²) >= 11 is 11.5. The summed E-state index contributed by atoms with van der Waals surface area (Å²) in [5.41, 5.74) is 0. The van der Waals surface area contributed by atoms with Crippen LogP contribution in [-0.4, -0.2) is 14.5 Å². The molecule has 0 radical (unpaired) electrons. The number of rotatable bonds is 1. The second-order valence-electron chi connectivity index (χ2n) is 2.15. The molecule has 0 atom stereocenters. The number of hydrogen-bond donors (Lipinski definition) is 0. The van der Waals surface area contributed by atoms with Crippen molar-refractivity contribution in [2.24, 2.45) is 0 Å². The molecule has 3 nitrogen and oxygen atoms in total. The van der Waals surface area contributed by atoms with E-state index in [4.69, 9.17) is 0 Å². The van der Waals surface area contributed by atoms with Crippen LogP contribution in [0.5, 0.6) is 0 Å².